The Hall–Kier alpha value is -1.57. The minimum absolute atomic E-state index is 0.0212. The number of carbonyl (C=O) groups is 1. The van der Waals surface area contributed by atoms with Crippen molar-refractivity contribution in [2.45, 2.75) is 77.4 Å². The van der Waals surface area contributed by atoms with Crippen LogP contribution in [-0.2, 0) is 16.0 Å². The molecule has 2 aliphatic rings. The van der Waals surface area contributed by atoms with E-state index < -0.39 is 0 Å². The monoisotopic (exact) mass is 421 g/mol. The largest absolute Gasteiger partial charge is 0.474 e. The van der Waals surface area contributed by atoms with Crippen molar-refractivity contribution in [1.29, 1.82) is 0 Å². The number of hydrogen-bond donors (Lipinski definition) is 1. The highest BCUT2D eigenvalue weighted by molar-refractivity contribution is 7.19. The first kappa shape index (κ1) is 23.7. The first-order valence-electron chi connectivity index (χ1n) is 10.8. The van der Waals surface area contributed by atoms with E-state index in [1.54, 1.807) is 24.8 Å². The van der Waals surface area contributed by atoms with Gasteiger partial charge >= 0.3 is 0 Å². The number of aryl methyl sites for hydroxylation is 1. The quantitative estimate of drug-likeness (QED) is 0.716. The lowest BCUT2D eigenvalue weighted by atomic mass is 9.93. The number of aromatic nitrogens is 2. The minimum Gasteiger partial charge on any atom is -0.474 e. The summed E-state index contributed by atoms with van der Waals surface area (Å²) in [4.78, 5) is 22.4. The number of ether oxygens (including phenoxy) is 2. The summed E-state index contributed by atoms with van der Waals surface area (Å²) in [5.41, 5.74) is 1.12. The van der Waals surface area contributed by atoms with E-state index in [2.05, 4.69) is 20.0 Å². The van der Waals surface area contributed by atoms with E-state index in [0.717, 1.165) is 67.2 Å². The van der Waals surface area contributed by atoms with Crippen LogP contribution >= 0.6 is 11.3 Å². The molecule has 1 fully saturated rings. The fourth-order valence-corrected chi connectivity index (χ4v) is 5.05. The summed E-state index contributed by atoms with van der Waals surface area (Å²) >= 11 is 1.69. The number of hydrogen-bond acceptors (Lipinski definition) is 7. The van der Waals surface area contributed by atoms with Gasteiger partial charge in [0.2, 0.25) is 5.88 Å². The Labute approximate surface area is 178 Å². The number of carbonyl (C=O) groups excluding carboxylic acids is 1. The SMILES string of the molecule is CC.CCOC.CNC1CCC(Oc2ncnc3sc4c(c23)C(C=O)CC4)CC1. The van der Waals surface area contributed by atoms with Crippen LogP contribution in [0.3, 0.4) is 0 Å². The van der Waals surface area contributed by atoms with E-state index >= 15 is 0 Å². The molecule has 0 bridgehead atoms. The number of rotatable bonds is 5. The highest BCUT2D eigenvalue weighted by Crippen LogP contribution is 2.45. The van der Waals surface area contributed by atoms with Gasteiger partial charge in [0, 0.05) is 30.6 Å². The molecule has 0 amide bonds. The van der Waals surface area contributed by atoms with Crippen LogP contribution in [0.4, 0.5) is 0 Å². The average molecular weight is 422 g/mol. The van der Waals surface area contributed by atoms with Crippen molar-refractivity contribution in [2.24, 2.45) is 0 Å². The molecule has 7 heteroatoms. The molecule has 2 heterocycles. The third-order valence-corrected chi connectivity index (χ3v) is 6.61. The smallest absolute Gasteiger partial charge is 0.225 e. The van der Waals surface area contributed by atoms with Crippen LogP contribution in [0.5, 0.6) is 5.88 Å². The Morgan fingerprint density at radius 2 is 1.90 bits per heavy atom. The van der Waals surface area contributed by atoms with Gasteiger partial charge in [-0.1, -0.05) is 13.8 Å². The molecule has 1 saturated carbocycles. The van der Waals surface area contributed by atoms with Crippen LogP contribution in [-0.4, -0.2) is 49.2 Å². The van der Waals surface area contributed by atoms with Gasteiger partial charge in [-0.15, -0.1) is 11.3 Å². The number of aldehydes is 1. The lowest BCUT2D eigenvalue weighted by Gasteiger charge is -2.28. The molecule has 1 atom stereocenters. The zero-order valence-corrected chi connectivity index (χ0v) is 19.2. The fourth-order valence-electron chi connectivity index (χ4n) is 3.83. The molecule has 6 nitrogen and oxygen atoms in total. The number of nitrogens with zero attached hydrogens (tertiary/aromatic N) is 2. The maximum atomic E-state index is 11.4. The Kier molecular flexibility index (Phi) is 9.97. The standard InChI is InChI=1S/C17H21N3O2S.C3H8O.C2H6/c1-18-11-3-5-12(6-4-11)22-16-15-14-10(8-21)2-7-13(14)23-17(15)20-9-19-16;1-3-4-2;1-2/h8-12,18H,2-7H2,1H3;3H2,1-2H3;1-2H3. The summed E-state index contributed by atoms with van der Waals surface area (Å²) in [5, 5.41) is 4.33. The zero-order valence-electron chi connectivity index (χ0n) is 18.4. The molecule has 0 aromatic carbocycles. The Morgan fingerprint density at radius 1 is 1.21 bits per heavy atom. The van der Waals surface area contributed by atoms with Crippen LogP contribution in [0.1, 0.15) is 69.2 Å². The molecule has 0 saturated heterocycles. The highest BCUT2D eigenvalue weighted by atomic mass is 32.1. The van der Waals surface area contributed by atoms with Crippen molar-refractivity contribution in [3.63, 3.8) is 0 Å². The summed E-state index contributed by atoms with van der Waals surface area (Å²) in [6, 6.07) is 0.602. The molecule has 0 radical (unpaired) electrons. The predicted molar refractivity (Wildman–Crippen MR) is 119 cm³/mol. The predicted octanol–water partition coefficient (Wildman–Crippen LogP) is 4.51. The molecule has 2 aromatic heterocycles. The first-order chi connectivity index (χ1) is 14.2. The van der Waals surface area contributed by atoms with Crippen molar-refractivity contribution < 1.29 is 14.3 Å². The lowest BCUT2D eigenvalue weighted by Crippen LogP contribution is -2.34. The van der Waals surface area contributed by atoms with Gasteiger partial charge in [-0.2, -0.15) is 0 Å². The van der Waals surface area contributed by atoms with Crippen molar-refractivity contribution in [3.05, 3.63) is 16.8 Å². The van der Waals surface area contributed by atoms with Gasteiger partial charge in [-0.25, -0.2) is 9.97 Å². The summed E-state index contributed by atoms with van der Waals surface area (Å²) in [6.07, 6.45) is 9.08. The average Bonchev–Trinajstić information content (AvgIpc) is 3.35. The van der Waals surface area contributed by atoms with E-state index in [9.17, 15) is 4.79 Å². The van der Waals surface area contributed by atoms with Gasteiger partial charge in [-0.05, 0) is 58.1 Å². The zero-order chi connectivity index (χ0) is 21.2. The summed E-state index contributed by atoms with van der Waals surface area (Å²) in [5.74, 6) is 0.654. The van der Waals surface area contributed by atoms with Gasteiger partial charge in [0.15, 0.2) is 0 Å². The molecular formula is C22H35N3O3S. The van der Waals surface area contributed by atoms with Crippen molar-refractivity contribution in [1.82, 2.24) is 15.3 Å². The lowest BCUT2D eigenvalue weighted by molar-refractivity contribution is -0.109. The summed E-state index contributed by atoms with van der Waals surface area (Å²) in [6.45, 7) is 6.78. The third kappa shape index (κ3) is 5.74. The fraction of sp³-hybridized carbons (Fsp3) is 0.682. The van der Waals surface area contributed by atoms with Crippen LogP contribution in [0.15, 0.2) is 6.33 Å². The first-order valence-corrected chi connectivity index (χ1v) is 11.6. The molecule has 0 aliphatic heterocycles. The Bertz CT molecular complexity index is 755. The van der Waals surface area contributed by atoms with Crippen LogP contribution in [0.2, 0.25) is 0 Å². The molecule has 1 N–H and O–H groups in total. The van der Waals surface area contributed by atoms with E-state index in [-0.39, 0.29) is 12.0 Å². The second-order valence-electron chi connectivity index (χ2n) is 7.04. The summed E-state index contributed by atoms with van der Waals surface area (Å²) in [7, 11) is 3.70. The number of methoxy groups -OCH3 is 1. The van der Waals surface area contributed by atoms with Crippen LogP contribution < -0.4 is 10.1 Å². The minimum atomic E-state index is -0.0212. The molecule has 0 spiro atoms. The van der Waals surface area contributed by atoms with E-state index in [1.807, 2.05) is 27.8 Å². The summed E-state index contributed by atoms with van der Waals surface area (Å²) < 4.78 is 10.8. The van der Waals surface area contributed by atoms with E-state index in [1.165, 1.54) is 4.88 Å². The molecule has 2 aliphatic carbocycles. The normalized spacial score (nSPS) is 22.7. The van der Waals surface area contributed by atoms with E-state index in [4.69, 9.17) is 4.74 Å². The maximum Gasteiger partial charge on any atom is 0.225 e. The van der Waals surface area contributed by atoms with Gasteiger partial charge in [0.05, 0.1) is 5.39 Å². The van der Waals surface area contributed by atoms with Crippen molar-refractivity contribution in [3.8, 4) is 5.88 Å². The topological polar surface area (TPSA) is 73.3 Å². The molecule has 4 rings (SSSR count). The Balaban J connectivity index is 0.000000449. The number of fused-ring (bicyclic) bond motifs is 3. The van der Waals surface area contributed by atoms with Crippen LogP contribution in [0.25, 0.3) is 10.2 Å². The Morgan fingerprint density at radius 3 is 2.48 bits per heavy atom. The van der Waals surface area contributed by atoms with Crippen molar-refractivity contribution in [2.75, 3.05) is 20.8 Å². The highest BCUT2D eigenvalue weighted by Gasteiger charge is 2.31. The molecule has 2 aromatic rings. The van der Waals surface area contributed by atoms with E-state index in [0.29, 0.717) is 11.9 Å². The maximum absolute atomic E-state index is 11.4. The van der Waals surface area contributed by atoms with Gasteiger partial charge < -0.3 is 19.6 Å². The number of thiophene rings is 1. The van der Waals surface area contributed by atoms with Gasteiger partial charge in [0.25, 0.3) is 0 Å². The molecule has 1 unspecified atom stereocenters. The second-order valence-corrected chi connectivity index (χ2v) is 8.12. The second kappa shape index (κ2) is 12.2. The molecular weight excluding hydrogens is 386 g/mol. The van der Waals surface area contributed by atoms with Crippen LogP contribution in [0, 0.1) is 0 Å². The van der Waals surface area contributed by atoms with Gasteiger partial charge in [-0.3, -0.25) is 0 Å². The molecule has 29 heavy (non-hydrogen) atoms. The van der Waals surface area contributed by atoms with Gasteiger partial charge in [0.1, 0.15) is 23.5 Å². The number of nitrogens with one attached hydrogen (secondary N) is 1. The third-order valence-electron chi connectivity index (χ3n) is 5.43. The van der Waals surface area contributed by atoms with Crippen molar-refractivity contribution >= 4 is 27.8 Å². The molecule has 162 valence electrons.